The Hall–Kier alpha value is -3.46. The number of likely N-dealkylation sites (N-methyl/N-ethyl adjacent to an activating group) is 1. The minimum atomic E-state index is -1.34. The monoisotopic (exact) mass is 516 g/mol. The van der Waals surface area contributed by atoms with Crippen molar-refractivity contribution in [3.8, 4) is 0 Å². The topological polar surface area (TPSA) is 128 Å². The molecule has 0 saturated carbocycles. The smallest absolute Gasteiger partial charge is 0.254 e. The van der Waals surface area contributed by atoms with Crippen molar-refractivity contribution in [2.75, 3.05) is 25.5 Å². The number of nitrogens with zero attached hydrogens (tertiary/aromatic N) is 1. The van der Waals surface area contributed by atoms with Crippen LogP contribution in [0.1, 0.15) is 46.2 Å². The summed E-state index contributed by atoms with van der Waals surface area (Å²) in [7, 11) is 1.54. The molecule has 0 aliphatic rings. The molecular weight excluding hydrogens is 468 g/mol. The molecule has 0 unspecified atom stereocenters. The molecule has 208 valence electrons. The highest BCUT2D eigenvalue weighted by atomic mass is 16.3. The van der Waals surface area contributed by atoms with Gasteiger partial charge in [-0.3, -0.25) is 9.59 Å². The molecule has 8 heteroatoms. The first-order valence-corrected chi connectivity index (χ1v) is 12.2. The van der Waals surface area contributed by atoms with E-state index in [4.69, 9.17) is 15.9 Å². The number of aliphatic hydroxyl groups excluding tert-OH is 2. The van der Waals surface area contributed by atoms with E-state index < -0.39 is 18.1 Å². The van der Waals surface area contributed by atoms with Crippen molar-refractivity contribution in [2.24, 2.45) is 5.73 Å². The number of allylic oxidation sites excluding steroid dienone is 5. The van der Waals surface area contributed by atoms with Gasteiger partial charge in [-0.05, 0) is 44.7 Å². The van der Waals surface area contributed by atoms with E-state index >= 15 is 0 Å². The van der Waals surface area contributed by atoms with E-state index in [1.54, 1.807) is 12.2 Å². The highest BCUT2D eigenvalue weighted by molar-refractivity contribution is 5.81. The van der Waals surface area contributed by atoms with Gasteiger partial charge in [-0.15, -0.1) is 6.58 Å². The third-order valence-electron chi connectivity index (χ3n) is 4.27. The van der Waals surface area contributed by atoms with Crippen LogP contribution in [0.25, 0.3) is 0 Å². The number of nitrogens with one attached hydrogen (secondary N) is 2. The number of amides is 2. The lowest BCUT2D eigenvalue weighted by Crippen LogP contribution is -2.42. The van der Waals surface area contributed by atoms with Crippen LogP contribution in [-0.2, 0) is 9.59 Å². The highest BCUT2D eigenvalue weighted by Crippen LogP contribution is 2.15. The highest BCUT2D eigenvalue weighted by Gasteiger charge is 2.22. The van der Waals surface area contributed by atoms with Crippen LogP contribution in [0, 0.1) is 0 Å². The number of anilines is 1. The zero-order valence-electron chi connectivity index (χ0n) is 23.3. The summed E-state index contributed by atoms with van der Waals surface area (Å²) in [5, 5.41) is 23.8. The lowest BCUT2D eigenvalue weighted by molar-refractivity contribution is -0.143. The van der Waals surface area contributed by atoms with Crippen molar-refractivity contribution < 1.29 is 19.8 Å². The predicted molar refractivity (Wildman–Crippen MR) is 157 cm³/mol. The molecule has 0 aliphatic heterocycles. The fraction of sp³-hybridized carbons (Fsp3) is 0.379. The van der Waals surface area contributed by atoms with Gasteiger partial charge in [-0.1, -0.05) is 75.1 Å². The van der Waals surface area contributed by atoms with E-state index in [9.17, 15) is 9.59 Å². The van der Waals surface area contributed by atoms with Crippen LogP contribution < -0.4 is 16.4 Å². The van der Waals surface area contributed by atoms with E-state index in [0.29, 0.717) is 19.5 Å². The molecule has 2 amide bonds. The van der Waals surface area contributed by atoms with E-state index in [1.807, 2.05) is 88.5 Å². The molecular formula is C29H48N4O4. The lowest BCUT2D eigenvalue weighted by atomic mass is 10.1. The largest absolute Gasteiger partial charge is 0.390 e. The van der Waals surface area contributed by atoms with Gasteiger partial charge in [-0.2, -0.15) is 0 Å². The summed E-state index contributed by atoms with van der Waals surface area (Å²) in [6, 6.07) is 7.89. The van der Waals surface area contributed by atoms with Crippen molar-refractivity contribution >= 4 is 18.0 Å². The number of hydrogen-bond donors (Lipinski definition) is 5. The van der Waals surface area contributed by atoms with E-state index in [-0.39, 0.29) is 6.04 Å². The van der Waals surface area contributed by atoms with Gasteiger partial charge >= 0.3 is 0 Å². The first kappa shape index (κ1) is 38.1. The fourth-order valence-corrected chi connectivity index (χ4v) is 2.26. The molecule has 8 nitrogen and oxygen atoms in total. The molecule has 0 aromatic heterocycles. The Morgan fingerprint density at radius 1 is 1.11 bits per heavy atom. The number of aliphatic hydroxyl groups is 2. The zero-order valence-corrected chi connectivity index (χ0v) is 23.3. The molecule has 0 bridgehead atoms. The summed E-state index contributed by atoms with van der Waals surface area (Å²) in [5.74, 6) is -0.495. The summed E-state index contributed by atoms with van der Waals surface area (Å²) < 4.78 is 0. The maximum atomic E-state index is 11.1. The fourth-order valence-electron chi connectivity index (χ4n) is 2.26. The molecule has 0 radical (unpaired) electrons. The van der Waals surface area contributed by atoms with Crippen molar-refractivity contribution in [3.63, 3.8) is 0 Å². The minimum absolute atomic E-state index is 0.0335. The zero-order chi connectivity index (χ0) is 29.1. The molecule has 37 heavy (non-hydrogen) atoms. The van der Waals surface area contributed by atoms with Crippen LogP contribution in [0.15, 0.2) is 86.2 Å². The van der Waals surface area contributed by atoms with Gasteiger partial charge in [0.1, 0.15) is 0 Å². The molecule has 0 aliphatic carbocycles. The van der Waals surface area contributed by atoms with Crippen molar-refractivity contribution in [3.05, 3.63) is 91.7 Å². The van der Waals surface area contributed by atoms with Crippen LogP contribution in [0.3, 0.4) is 0 Å². The maximum absolute atomic E-state index is 11.1. The first-order chi connectivity index (χ1) is 17.7. The Morgan fingerprint density at radius 3 is 2.14 bits per heavy atom. The van der Waals surface area contributed by atoms with Crippen molar-refractivity contribution in [1.29, 1.82) is 0 Å². The van der Waals surface area contributed by atoms with Gasteiger partial charge in [0.05, 0.1) is 12.1 Å². The van der Waals surface area contributed by atoms with Crippen LogP contribution in [0.5, 0.6) is 0 Å². The van der Waals surface area contributed by atoms with Gasteiger partial charge in [0.15, 0.2) is 6.10 Å². The van der Waals surface area contributed by atoms with Crippen LogP contribution in [0.4, 0.5) is 5.69 Å². The number of carbonyl (C=O) groups excluding carboxylic acids is 2. The molecule has 0 fully saturated rings. The van der Waals surface area contributed by atoms with Gasteiger partial charge in [0, 0.05) is 25.8 Å². The van der Waals surface area contributed by atoms with Crippen molar-refractivity contribution in [1.82, 2.24) is 10.2 Å². The lowest BCUT2D eigenvalue weighted by Gasteiger charge is -2.20. The quantitative estimate of drug-likeness (QED) is 0.162. The Balaban J connectivity index is -0.000000486. The Labute approximate surface area is 224 Å². The number of hydrogen-bond acceptors (Lipinski definition) is 6. The maximum Gasteiger partial charge on any atom is 0.254 e. The molecule has 6 N–H and O–H groups in total. The van der Waals surface area contributed by atoms with Gasteiger partial charge < -0.3 is 31.5 Å². The molecule has 1 rings (SSSR count). The van der Waals surface area contributed by atoms with Crippen LogP contribution >= 0.6 is 0 Å². The first-order valence-electron chi connectivity index (χ1n) is 12.2. The number of rotatable bonds is 12. The average molecular weight is 517 g/mol. The van der Waals surface area contributed by atoms with Crippen molar-refractivity contribution in [2.45, 2.75) is 52.9 Å². The normalized spacial score (nSPS) is 12.5. The summed E-state index contributed by atoms with van der Waals surface area (Å²) in [5.41, 5.74) is 7.38. The molecule has 1 aromatic carbocycles. The third-order valence-corrected chi connectivity index (χ3v) is 4.27. The van der Waals surface area contributed by atoms with E-state index in [0.717, 1.165) is 11.3 Å². The molecule has 3 atom stereocenters. The number of carbonyl (C=O) groups is 2. The molecule has 0 heterocycles. The second kappa shape index (κ2) is 27.1. The van der Waals surface area contributed by atoms with Gasteiger partial charge in [-0.25, -0.2) is 0 Å². The second-order valence-electron chi connectivity index (χ2n) is 7.25. The molecule has 0 spiro atoms. The number of benzene rings is 1. The predicted octanol–water partition coefficient (Wildman–Crippen LogP) is 4.08. The average Bonchev–Trinajstić information content (AvgIpc) is 2.91. The molecule has 0 saturated heterocycles. The summed E-state index contributed by atoms with van der Waals surface area (Å²) in [6.45, 7) is 17.1. The second-order valence-corrected chi connectivity index (χ2v) is 7.25. The standard InChI is InChI=1S/C12H17N3O.C8H15NO3.C7H10.C2H6/c1-10(15-9-16)11-3-5-12(6-4-11)14-8-2-7-13;1-4-5-9(3)8(12)7(11)6(2)10;1-3-5-7-6-4-2;1-2/h2-6,8-10,14H,7,13H2,1H3,(H,15,16);4,6-7,10-11H,1,5H2,2-3H3;3-7H,1H2,2H3;1-2H3/b8-2-;;6-4-,7-5-;/t10-;6-,7+;;/m10../s1. The Bertz CT molecular complexity index is 803. The van der Waals surface area contributed by atoms with Gasteiger partial charge in [0.2, 0.25) is 6.41 Å². The number of nitrogens with two attached hydrogens (primary N) is 1. The summed E-state index contributed by atoms with van der Waals surface area (Å²) in [6.07, 6.45) is 13.0. The Morgan fingerprint density at radius 2 is 1.70 bits per heavy atom. The SMILES string of the molecule is C=C/C=C\C=C/C.C=CCN(C)C(=O)[C@H](O)[C@H](C)O.CC.C[C@@H](NC=O)c1ccc(N/C=C\CN)cc1. The van der Waals surface area contributed by atoms with Crippen LogP contribution in [-0.4, -0.2) is 59.8 Å². The summed E-state index contributed by atoms with van der Waals surface area (Å²) >= 11 is 0. The van der Waals surface area contributed by atoms with E-state index in [2.05, 4.69) is 23.8 Å². The molecule has 1 aromatic rings. The minimum Gasteiger partial charge on any atom is -0.390 e. The van der Waals surface area contributed by atoms with E-state index in [1.165, 1.54) is 18.9 Å². The third kappa shape index (κ3) is 21.5. The van der Waals surface area contributed by atoms with Gasteiger partial charge in [0.25, 0.3) is 5.91 Å². The van der Waals surface area contributed by atoms with Crippen LogP contribution in [0.2, 0.25) is 0 Å². The Kier molecular flexibility index (Phi) is 27.9. The summed E-state index contributed by atoms with van der Waals surface area (Å²) in [4.78, 5) is 22.7.